The van der Waals surface area contributed by atoms with E-state index in [9.17, 15) is 4.79 Å². The molecule has 0 spiro atoms. The van der Waals surface area contributed by atoms with Crippen molar-refractivity contribution in [3.05, 3.63) is 33.3 Å². The molecule has 0 saturated carbocycles. The Bertz CT molecular complexity index is 447. The molecular formula is C15H21BrClNO3. The third kappa shape index (κ3) is 6.34. The molecule has 0 aliphatic heterocycles. The van der Waals surface area contributed by atoms with Gasteiger partial charge in [-0.15, -0.1) is 0 Å². The Morgan fingerprint density at radius 1 is 1.19 bits per heavy atom. The first kappa shape index (κ1) is 18.4. The van der Waals surface area contributed by atoms with Crippen LogP contribution < -0.4 is 0 Å². The van der Waals surface area contributed by atoms with Crippen molar-refractivity contribution in [1.29, 1.82) is 0 Å². The Morgan fingerprint density at radius 2 is 1.76 bits per heavy atom. The molecule has 0 bridgehead atoms. The number of benzene rings is 1. The fraction of sp³-hybridized carbons (Fsp3) is 0.533. The Hall–Kier alpha value is -0.620. The van der Waals surface area contributed by atoms with Crippen molar-refractivity contribution in [3.8, 4) is 0 Å². The molecule has 21 heavy (non-hydrogen) atoms. The van der Waals surface area contributed by atoms with Crippen molar-refractivity contribution < 1.29 is 14.3 Å². The van der Waals surface area contributed by atoms with Gasteiger partial charge in [0.2, 0.25) is 0 Å². The van der Waals surface area contributed by atoms with Gasteiger partial charge in [-0.2, -0.15) is 0 Å². The summed E-state index contributed by atoms with van der Waals surface area (Å²) in [4.78, 5) is 14.3. The predicted octanol–water partition coefficient (Wildman–Crippen LogP) is 3.62. The molecule has 6 heteroatoms. The first-order valence-electron chi connectivity index (χ1n) is 7.00. The summed E-state index contributed by atoms with van der Waals surface area (Å²) in [7, 11) is 0. The first-order valence-corrected chi connectivity index (χ1v) is 8.17. The van der Waals surface area contributed by atoms with Crippen molar-refractivity contribution in [3.63, 3.8) is 0 Å². The SMILES string of the molecule is CCOCCN(CCOCC)C(=O)c1cc(Br)ccc1Cl. The quantitative estimate of drug-likeness (QED) is 0.616. The molecule has 4 nitrogen and oxygen atoms in total. The smallest absolute Gasteiger partial charge is 0.255 e. The molecule has 0 atom stereocenters. The normalized spacial score (nSPS) is 10.7. The summed E-state index contributed by atoms with van der Waals surface area (Å²) < 4.78 is 11.5. The van der Waals surface area contributed by atoms with Crippen molar-refractivity contribution in [2.45, 2.75) is 13.8 Å². The minimum atomic E-state index is -0.110. The van der Waals surface area contributed by atoms with Crippen LogP contribution in [-0.2, 0) is 9.47 Å². The van der Waals surface area contributed by atoms with Gasteiger partial charge in [0.1, 0.15) is 0 Å². The summed E-state index contributed by atoms with van der Waals surface area (Å²) in [5.41, 5.74) is 0.485. The van der Waals surface area contributed by atoms with Crippen molar-refractivity contribution >= 4 is 33.4 Å². The Labute approximate surface area is 139 Å². The van der Waals surface area contributed by atoms with Crippen LogP contribution in [0.15, 0.2) is 22.7 Å². The highest BCUT2D eigenvalue weighted by Gasteiger charge is 2.18. The van der Waals surface area contributed by atoms with E-state index in [0.29, 0.717) is 50.1 Å². The van der Waals surface area contributed by atoms with Gasteiger partial charge in [0.15, 0.2) is 0 Å². The molecule has 0 aromatic heterocycles. The summed E-state index contributed by atoms with van der Waals surface area (Å²) in [6.45, 7) is 7.15. The predicted molar refractivity (Wildman–Crippen MR) is 88.0 cm³/mol. The molecule has 0 unspecified atom stereocenters. The van der Waals surface area contributed by atoms with Crippen LogP contribution in [0.25, 0.3) is 0 Å². The number of hydrogen-bond donors (Lipinski definition) is 0. The Kier molecular flexibility index (Phi) is 8.92. The Balaban J connectivity index is 2.79. The lowest BCUT2D eigenvalue weighted by atomic mass is 10.2. The summed E-state index contributed by atoms with van der Waals surface area (Å²) in [5.74, 6) is -0.110. The number of carbonyl (C=O) groups excluding carboxylic acids is 1. The number of carbonyl (C=O) groups is 1. The van der Waals surface area contributed by atoms with Crippen LogP contribution in [0.4, 0.5) is 0 Å². The number of amides is 1. The van der Waals surface area contributed by atoms with Crippen LogP contribution in [0.1, 0.15) is 24.2 Å². The molecule has 0 aliphatic rings. The fourth-order valence-corrected chi connectivity index (χ4v) is 2.34. The van der Waals surface area contributed by atoms with E-state index in [1.165, 1.54) is 0 Å². The topological polar surface area (TPSA) is 38.8 Å². The number of ether oxygens (including phenoxy) is 2. The molecule has 0 radical (unpaired) electrons. The summed E-state index contributed by atoms with van der Waals surface area (Å²) >= 11 is 9.49. The highest BCUT2D eigenvalue weighted by molar-refractivity contribution is 9.10. The van der Waals surface area contributed by atoms with Gasteiger partial charge in [-0.1, -0.05) is 27.5 Å². The van der Waals surface area contributed by atoms with Crippen LogP contribution in [0.5, 0.6) is 0 Å². The van der Waals surface area contributed by atoms with E-state index in [2.05, 4.69) is 15.9 Å². The highest BCUT2D eigenvalue weighted by atomic mass is 79.9. The molecule has 0 heterocycles. The molecule has 0 saturated heterocycles. The molecule has 118 valence electrons. The highest BCUT2D eigenvalue weighted by Crippen LogP contribution is 2.22. The second-order valence-electron chi connectivity index (χ2n) is 4.31. The van der Waals surface area contributed by atoms with E-state index < -0.39 is 0 Å². The Morgan fingerprint density at radius 3 is 2.29 bits per heavy atom. The fourth-order valence-electron chi connectivity index (χ4n) is 1.78. The second-order valence-corrected chi connectivity index (χ2v) is 5.63. The molecule has 1 aromatic rings. The lowest BCUT2D eigenvalue weighted by Gasteiger charge is -2.23. The van der Waals surface area contributed by atoms with E-state index in [1.54, 1.807) is 17.0 Å². The third-order valence-electron chi connectivity index (χ3n) is 2.87. The van der Waals surface area contributed by atoms with E-state index in [0.717, 1.165) is 4.47 Å². The first-order chi connectivity index (χ1) is 10.1. The zero-order valence-electron chi connectivity index (χ0n) is 12.4. The largest absolute Gasteiger partial charge is 0.380 e. The number of hydrogen-bond acceptors (Lipinski definition) is 3. The lowest BCUT2D eigenvalue weighted by Crippen LogP contribution is -2.37. The standard InChI is InChI=1S/C15H21BrClNO3/c1-3-20-9-7-18(8-10-21-4-2)15(19)13-11-12(16)5-6-14(13)17/h5-6,11H,3-4,7-10H2,1-2H3. The number of rotatable bonds is 9. The average molecular weight is 379 g/mol. The molecule has 1 aromatic carbocycles. The van der Waals surface area contributed by atoms with Crippen molar-refractivity contribution in [1.82, 2.24) is 4.90 Å². The summed E-state index contributed by atoms with van der Waals surface area (Å²) in [6, 6.07) is 5.25. The van der Waals surface area contributed by atoms with Crippen LogP contribution in [0.2, 0.25) is 5.02 Å². The van der Waals surface area contributed by atoms with E-state index >= 15 is 0 Å². The number of nitrogens with zero attached hydrogens (tertiary/aromatic N) is 1. The maximum absolute atomic E-state index is 12.6. The van der Waals surface area contributed by atoms with Gasteiger partial charge in [0.05, 0.1) is 23.8 Å². The van der Waals surface area contributed by atoms with E-state index in [4.69, 9.17) is 21.1 Å². The van der Waals surface area contributed by atoms with E-state index in [-0.39, 0.29) is 5.91 Å². The minimum Gasteiger partial charge on any atom is -0.380 e. The van der Waals surface area contributed by atoms with Gasteiger partial charge < -0.3 is 14.4 Å². The average Bonchev–Trinajstić information content (AvgIpc) is 2.48. The maximum atomic E-state index is 12.6. The lowest BCUT2D eigenvalue weighted by molar-refractivity contribution is 0.0550. The minimum absolute atomic E-state index is 0.110. The summed E-state index contributed by atoms with van der Waals surface area (Å²) in [6.07, 6.45) is 0. The van der Waals surface area contributed by atoms with Crippen LogP contribution in [0, 0.1) is 0 Å². The zero-order valence-corrected chi connectivity index (χ0v) is 14.7. The van der Waals surface area contributed by atoms with Gasteiger partial charge >= 0.3 is 0 Å². The molecule has 1 amide bonds. The van der Waals surface area contributed by atoms with Crippen LogP contribution in [0.3, 0.4) is 0 Å². The van der Waals surface area contributed by atoms with Gasteiger partial charge in [-0.25, -0.2) is 0 Å². The van der Waals surface area contributed by atoms with Gasteiger partial charge in [0, 0.05) is 30.8 Å². The molecule has 0 aliphatic carbocycles. The maximum Gasteiger partial charge on any atom is 0.255 e. The van der Waals surface area contributed by atoms with Crippen LogP contribution in [-0.4, -0.2) is 50.3 Å². The second kappa shape index (κ2) is 10.2. The summed E-state index contributed by atoms with van der Waals surface area (Å²) in [5, 5.41) is 0.445. The molecular weight excluding hydrogens is 358 g/mol. The van der Waals surface area contributed by atoms with Gasteiger partial charge in [-0.3, -0.25) is 4.79 Å². The van der Waals surface area contributed by atoms with Crippen molar-refractivity contribution in [2.75, 3.05) is 39.5 Å². The zero-order chi connectivity index (χ0) is 15.7. The monoisotopic (exact) mass is 377 g/mol. The number of halogens is 2. The molecule has 0 N–H and O–H groups in total. The van der Waals surface area contributed by atoms with Gasteiger partial charge in [-0.05, 0) is 32.0 Å². The molecule has 0 fully saturated rings. The van der Waals surface area contributed by atoms with Crippen LogP contribution >= 0.6 is 27.5 Å². The third-order valence-corrected chi connectivity index (χ3v) is 3.69. The molecule has 1 rings (SSSR count). The van der Waals surface area contributed by atoms with E-state index in [1.807, 2.05) is 19.9 Å². The van der Waals surface area contributed by atoms with Crippen molar-refractivity contribution in [2.24, 2.45) is 0 Å². The van der Waals surface area contributed by atoms with Gasteiger partial charge in [0.25, 0.3) is 5.91 Å².